The molecule has 0 saturated carbocycles. The van der Waals surface area contributed by atoms with Gasteiger partial charge in [0.1, 0.15) is 0 Å². The molecule has 1 atom stereocenters. The average Bonchev–Trinajstić information content (AvgIpc) is 2.77. The van der Waals surface area contributed by atoms with Crippen molar-refractivity contribution in [3.8, 4) is 12.3 Å². The topological polar surface area (TPSA) is 38.0 Å². The first-order chi connectivity index (χ1) is 7.85. The molecule has 0 fully saturated rings. The largest absolute Gasteiger partial charge is 0.271 e. The van der Waals surface area contributed by atoms with E-state index >= 15 is 0 Å². The lowest BCUT2D eigenvalue weighted by Crippen LogP contribution is -2.28. The Morgan fingerprint density at radius 3 is 2.94 bits per heavy atom. The van der Waals surface area contributed by atoms with Crippen molar-refractivity contribution >= 4 is 0 Å². The number of hydrogen-bond acceptors (Lipinski definition) is 2. The molecule has 0 saturated heterocycles. The van der Waals surface area contributed by atoms with Gasteiger partial charge in [0.2, 0.25) is 0 Å². The van der Waals surface area contributed by atoms with Gasteiger partial charge in [0, 0.05) is 12.5 Å². The highest BCUT2D eigenvalue weighted by Crippen LogP contribution is 2.26. The normalized spacial score (nSPS) is 15.5. The fraction of sp³-hybridized carbons (Fsp3) is 0.429. The minimum Gasteiger partial charge on any atom is -0.271 e. The van der Waals surface area contributed by atoms with Gasteiger partial charge in [-0.15, -0.1) is 12.3 Å². The van der Waals surface area contributed by atoms with Gasteiger partial charge in [-0.05, 0) is 42.4 Å². The van der Waals surface area contributed by atoms with Crippen molar-refractivity contribution in [3.05, 3.63) is 34.9 Å². The molecule has 1 unspecified atom stereocenters. The number of rotatable bonds is 4. The zero-order valence-electron chi connectivity index (χ0n) is 9.50. The molecule has 0 aromatic heterocycles. The van der Waals surface area contributed by atoms with E-state index in [2.05, 4.69) is 29.5 Å². The van der Waals surface area contributed by atoms with E-state index in [1.54, 1.807) is 0 Å². The Kier molecular flexibility index (Phi) is 3.61. The van der Waals surface area contributed by atoms with Crippen LogP contribution in [0.5, 0.6) is 0 Å². The monoisotopic (exact) mass is 214 g/mol. The van der Waals surface area contributed by atoms with Gasteiger partial charge in [-0.25, -0.2) is 0 Å². The van der Waals surface area contributed by atoms with Crippen LogP contribution in [0.1, 0.15) is 42.0 Å². The van der Waals surface area contributed by atoms with Crippen LogP contribution in [0.3, 0.4) is 0 Å². The third-order valence-corrected chi connectivity index (χ3v) is 3.30. The fourth-order valence-corrected chi connectivity index (χ4v) is 2.38. The van der Waals surface area contributed by atoms with E-state index in [1.165, 1.54) is 36.0 Å². The highest BCUT2D eigenvalue weighted by molar-refractivity contribution is 5.36. The quantitative estimate of drug-likeness (QED) is 0.457. The Balaban J connectivity index is 2.16. The second kappa shape index (κ2) is 5.16. The van der Waals surface area contributed by atoms with Gasteiger partial charge < -0.3 is 0 Å². The Hall–Kier alpha value is -1.30. The van der Waals surface area contributed by atoms with Gasteiger partial charge in [0.15, 0.2) is 0 Å². The van der Waals surface area contributed by atoms with Crippen LogP contribution in [0.15, 0.2) is 18.2 Å². The first kappa shape index (κ1) is 11.2. The number of nitrogens with two attached hydrogens (primary N) is 1. The molecular weight excluding hydrogens is 196 g/mol. The summed E-state index contributed by atoms with van der Waals surface area (Å²) in [5.74, 6) is 8.23. The minimum absolute atomic E-state index is 0.182. The fourth-order valence-electron chi connectivity index (χ4n) is 2.38. The molecule has 2 rings (SSSR count). The van der Waals surface area contributed by atoms with E-state index in [9.17, 15) is 0 Å². The maximum atomic E-state index is 5.57. The molecule has 2 nitrogen and oxygen atoms in total. The summed E-state index contributed by atoms with van der Waals surface area (Å²) in [6, 6.07) is 6.87. The Labute approximate surface area is 97.2 Å². The molecular formula is C14H18N2. The van der Waals surface area contributed by atoms with E-state index in [4.69, 9.17) is 12.3 Å². The average molecular weight is 214 g/mol. The van der Waals surface area contributed by atoms with E-state index in [0.717, 1.165) is 12.8 Å². The zero-order chi connectivity index (χ0) is 11.4. The standard InChI is InChI=1S/C14H18N2/c1-2-3-7-14(16-15)13-9-8-11-5-4-6-12(11)10-13/h1,8-10,14,16H,3-7,15H2. The van der Waals surface area contributed by atoms with Gasteiger partial charge in [-0.3, -0.25) is 11.3 Å². The Morgan fingerprint density at radius 1 is 1.38 bits per heavy atom. The van der Waals surface area contributed by atoms with Gasteiger partial charge >= 0.3 is 0 Å². The number of nitrogens with one attached hydrogen (secondary N) is 1. The Morgan fingerprint density at radius 2 is 2.19 bits per heavy atom. The maximum absolute atomic E-state index is 5.57. The third-order valence-electron chi connectivity index (χ3n) is 3.30. The van der Waals surface area contributed by atoms with Crippen molar-refractivity contribution < 1.29 is 0 Å². The molecule has 0 heterocycles. The molecule has 84 valence electrons. The summed E-state index contributed by atoms with van der Waals surface area (Å²) in [6.45, 7) is 0. The first-order valence-electron chi connectivity index (χ1n) is 5.86. The summed E-state index contributed by atoms with van der Waals surface area (Å²) in [5, 5.41) is 0. The van der Waals surface area contributed by atoms with E-state index in [-0.39, 0.29) is 6.04 Å². The van der Waals surface area contributed by atoms with Crippen LogP contribution in [0, 0.1) is 12.3 Å². The number of hydrogen-bond donors (Lipinski definition) is 2. The van der Waals surface area contributed by atoms with Crippen LogP contribution < -0.4 is 11.3 Å². The minimum atomic E-state index is 0.182. The van der Waals surface area contributed by atoms with Crippen molar-refractivity contribution in [2.75, 3.05) is 0 Å². The second-order valence-corrected chi connectivity index (χ2v) is 4.34. The molecule has 16 heavy (non-hydrogen) atoms. The number of terminal acetylenes is 1. The summed E-state index contributed by atoms with van der Waals surface area (Å²) in [4.78, 5) is 0. The van der Waals surface area contributed by atoms with Crippen molar-refractivity contribution in [3.63, 3.8) is 0 Å². The van der Waals surface area contributed by atoms with E-state index in [1.807, 2.05) is 0 Å². The second-order valence-electron chi connectivity index (χ2n) is 4.34. The number of aryl methyl sites for hydroxylation is 2. The summed E-state index contributed by atoms with van der Waals surface area (Å²) in [7, 11) is 0. The lowest BCUT2D eigenvalue weighted by Gasteiger charge is -2.16. The van der Waals surface area contributed by atoms with Gasteiger partial charge in [0.05, 0.1) is 0 Å². The van der Waals surface area contributed by atoms with Crippen molar-refractivity contribution in [2.24, 2.45) is 5.84 Å². The van der Waals surface area contributed by atoms with Crippen molar-refractivity contribution in [1.82, 2.24) is 5.43 Å². The predicted molar refractivity (Wildman–Crippen MR) is 66.6 cm³/mol. The number of benzene rings is 1. The summed E-state index contributed by atoms with van der Waals surface area (Å²) in [5.41, 5.74) is 7.09. The molecule has 2 heteroatoms. The molecule has 0 aliphatic heterocycles. The van der Waals surface area contributed by atoms with Crippen molar-refractivity contribution in [1.29, 1.82) is 0 Å². The summed E-state index contributed by atoms with van der Waals surface area (Å²) in [6.07, 6.45) is 10.6. The first-order valence-corrected chi connectivity index (χ1v) is 5.86. The molecule has 1 aliphatic carbocycles. The van der Waals surface area contributed by atoms with Crippen LogP contribution in [0.25, 0.3) is 0 Å². The van der Waals surface area contributed by atoms with Crippen LogP contribution >= 0.6 is 0 Å². The van der Waals surface area contributed by atoms with Crippen LogP contribution in [-0.2, 0) is 12.8 Å². The Bertz CT molecular complexity index is 404. The molecule has 0 spiro atoms. The van der Waals surface area contributed by atoms with Gasteiger partial charge in [-0.1, -0.05) is 18.2 Å². The molecule has 1 aromatic rings. The van der Waals surface area contributed by atoms with E-state index < -0.39 is 0 Å². The SMILES string of the molecule is C#CCCC(NN)c1ccc2c(c1)CCC2. The molecule has 1 aromatic carbocycles. The number of hydrazine groups is 1. The smallest absolute Gasteiger partial charge is 0.0469 e. The van der Waals surface area contributed by atoms with Crippen LogP contribution in [0.2, 0.25) is 0 Å². The molecule has 1 aliphatic rings. The summed E-state index contributed by atoms with van der Waals surface area (Å²) < 4.78 is 0. The van der Waals surface area contributed by atoms with Crippen LogP contribution in [0.4, 0.5) is 0 Å². The van der Waals surface area contributed by atoms with E-state index in [0.29, 0.717) is 0 Å². The highest BCUT2D eigenvalue weighted by Gasteiger charge is 2.14. The molecule has 0 amide bonds. The third kappa shape index (κ3) is 2.27. The van der Waals surface area contributed by atoms with Gasteiger partial charge in [-0.2, -0.15) is 0 Å². The lowest BCUT2D eigenvalue weighted by molar-refractivity contribution is 0.523. The predicted octanol–water partition coefficient (Wildman–Crippen LogP) is 2.09. The summed E-state index contributed by atoms with van der Waals surface area (Å²) >= 11 is 0. The number of fused-ring (bicyclic) bond motifs is 1. The molecule has 0 bridgehead atoms. The maximum Gasteiger partial charge on any atom is 0.0469 e. The lowest BCUT2D eigenvalue weighted by atomic mass is 9.98. The van der Waals surface area contributed by atoms with Gasteiger partial charge in [0.25, 0.3) is 0 Å². The molecule has 3 N–H and O–H groups in total. The highest BCUT2D eigenvalue weighted by atomic mass is 15.2. The van der Waals surface area contributed by atoms with Crippen molar-refractivity contribution in [2.45, 2.75) is 38.1 Å². The van der Waals surface area contributed by atoms with Crippen LogP contribution in [-0.4, -0.2) is 0 Å². The zero-order valence-corrected chi connectivity index (χ0v) is 9.50. The molecule has 0 radical (unpaired) electrons.